The van der Waals surface area contributed by atoms with E-state index in [0.29, 0.717) is 5.69 Å². The Kier molecular flexibility index (Phi) is 6.73. The number of nitrogens with one attached hydrogen (secondary N) is 1. The molecule has 2 aromatic carbocycles. The summed E-state index contributed by atoms with van der Waals surface area (Å²) >= 11 is 0. The third-order valence-electron chi connectivity index (χ3n) is 4.09. The number of carboxylic acids is 1. The fourth-order valence-electron chi connectivity index (χ4n) is 2.58. The van der Waals surface area contributed by atoms with Crippen LogP contribution in [0, 0.1) is 11.3 Å². The molecule has 0 radical (unpaired) electrons. The van der Waals surface area contributed by atoms with Crippen LogP contribution in [0.1, 0.15) is 29.8 Å². The van der Waals surface area contributed by atoms with Crippen molar-refractivity contribution in [1.82, 2.24) is 0 Å². The first-order valence-electron chi connectivity index (χ1n) is 8.60. The summed E-state index contributed by atoms with van der Waals surface area (Å²) in [5.41, 5.74) is 2.34. The molecule has 0 heterocycles. The number of hydrogen-bond acceptors (Lipinski definition) is 4. The summed E-state index contributed by atoms with van der Waals surface area (Å²) in [7, 11) is 0. The van der Waals surface area contributed by atoms with Crippen molar-refractivity contribution in [1.29, 1.82) is 5.26 Å². The number of hydrogen-bond donors (Lipinski definition) is 2. The standard InChI is InChI=1S/C21H21N3O3/c1-3-24(4-2)19-11-5-15(6-12-19)13-17(14-22)20(25)23-18-9-7-16(8-10-18)21(26)27/h5-13H,3-4H2,1-2H3,(H,23,25)(H,26,27). The predicted molar refractivity (Wildman–Crippen MR) is 106 cm³/mol. The van der Waals surface area contributed by atoms with Crippen LogP contribution in [0.25, 0.3) is 6.08 Å². The van der Waals surface area contributed by atoms with Crippen LogP contribution in [0.5, 0.6) is 0 Å². The zero-order chi connectivity index (χ0) is 19.8. The molecule has 2 rings (SSSR count). The van der Waals surface area contributed by atoms with Crippen LogP contribution in [0.15, 0.2) is 54.1 Å². The van der Waals surface area contributed by atoms with Crippen LogP contribution in [0.4, 0.5) is 11.4 Å². The second kappa shape index (κ2) is 9.20. The van der Waals surface area contributed by atoms with Gasteiger partial charge in [0.15, 0.2) is 0 Å². The lowest BCUT2D eigenvalue weighted by molar-refractivity contribution is -0.112. The van der Waals surface area contributed by atoms with Gasteiger partial charge < -0.3 is 15.3 Å². The summed E-state index contributed by atoms with van der Waals surface area (Å²) in [6.07, 6.45) is 1.52. The summed E-state index contributed by atoms with van der Waals surface area (Å²) < 4.78 is 0. The molecule has 138 valence electrons. The highest BCUT2D eigenvalue weighted by Gasteiger charge is 2.10. The molecule has 0 aliphatic carbocycles. The Bertz CT molecular complexity index is 874. The maximum Gasteiger partial charge on any atom is 0.335 e. The van der Waals surface area contributed by atoms with Crippen molar-refractivity contribution >= 4 is 29.3 Å². The van der Waals surface area contributed by atoms with Gasteiger partial charge in [-0.15, -0.1) is 0 Å². The molecule has 27 heavy (non-hydrogen) atoms. The molecule has 0 fully saturated rings. The second-order valence-electron chi connectivity index (χ2n) is 5.77. The van der Waals surface area contributed by atoms with Gasteiger partial charge in [-0.3, -0.25) is 4.79 Å². The third-order valence-corrected chi connectivity index (χ3v) is 4.09. The monoisotopic (exact) mass is 363 g/mol. The quantitative estimate of drug-likeness (QED) is 0.577. The highest BCUT2D eigenvalue weighted by molar-refractivity contribution is 6.09. The molecular formula is C21H21N3O3. The number of anilines is 2. The van der Waals surface area contributed by atoms with Crippen LogP contribution in [-0.4, -0.2) is 30.1 Å². The van der Waals surface area contributed by atoms with Crippen LogP contribution >= 0.6 is 0 Å². The number of rotatable bonds is 7. The molecule has 0 unspecified atom stereocenters. The summed E-state index contributed by atoms with van der Waals surface area (Å²) in [5.74, 6) is -1.59. The molecule has 2 aromatic rings. The second-order valence-corrected chi connectivity index (χ2v) is 5.77. The number of carbonyl (C=O) groups excluding carboxylic acids is 1. The highest BCUT2D eigenvalue weighted by atomic mass is 16.4. The number of carbonyl (C=O) groups is 2. The summed E-state index contributed by atoms with van der Waals surface area (Å²) in [6, 6.07) is 15.3. The largest absolute Gasteiger partial charge is 0.478 e. The van der Waals surface area contributed by atoms with Gasteiger partial charge in [0.05, 0.1) is 5.56 Å². The minimum Gasteiger partial charge on any atom is -0.478 e. The van der Waals surface area contributed by atoms with Crippen LogP contribution in [0.3, 0.4) is 0 Å². The number of nitriles is 1. The topological polar surface area (TPSA) is 93.4 Å². The number of aromatic carboxylic acids is 1. The molecular weight excluding hydrogens is 342 g/mol. The molecule has 0 saturated heterocycles. The predicted octanol–water partition coefficient (Wildman–Crippen LogP) is 3.78. The molecule has 0 atom stereocenters. The van der Waals surface area contributed by atoms with Crippen LogP contribution in [0.2, 0.25) is 0 Å². The first-order valence-corrected chi connectivity index (χ1v) is 8.60. The van der Waals surface area contributed by atoms with E-state index in [4.69, 9.17) is 5.11 Å². The maximum atomic E-state index is 12.3. The van der Waals surface area contributed by atoms with Crippen molar-refractivity contribution in [2.24, 2.45) is 0 Å². The smallest absolute Gasteiger partial charge is 0.335 e. The van der Waals surface area contributed by atoms with E-state index in [-0.39, 0.29) is 11.1 Å². The van der Waals surface area contributed by atoms with Crippen molar-refractivity contribution in [2.75, 3.05) is 23.3 Å². The Labute approximate surface area is 158 Å². The summed E-state index contributed by atoms with van der Waals surface area (Å²) in [4.78, 5) is 25.4. The van der Waals surface area contributed by atoms with Crippen molar-refractivity contribution in [3.05, 3.63) is 65.2 Å². The molecule has 6 heteroatoms. The van der Waals surface area contributed by atoms with Gasteiger partial charge >= 0.3 is 5.97 Å². The van der Waals surface area contributed by atoms with E-state index in [1.807, 2.05) is 30.3 Å². The molecule has 1 amide bonds. The van der Waals surface area contributed by atoms with E-state index < -0.39 is 11.9 Å². The van der Waals surface area contributed by atoms with Crippen molar-refractivity contribution in [2.45, 2.75) is 13.8 Å². The summed E-state index contributed by atoms with van der Waals surface area (Å²) in [5, 5.41) is 20.8. The molecule has 0 aliphatic rings. The molecule has 0 spiro atoms. The molecule has 6 nitrogen and oxygen atoms in total. The van der Waals surface area contributed by atoms with Gasteiger partial charge in [0.25, 0.3) is 5.91 Å². The Morgan fingerprint density at radius 1 is 1.07 bits per heavy atom. The molecule has 0 aromatic heterocycles. The Morgan fingerprint density at radius 3 is 2.15 bits per heavy atom. The minimum atomic E-state index is -1.04. The van der Waals surface area contributed by atoms with Crippen molar-refractivity contribution < 1.29 is 14.7 Å². The minimum absolute atomic E-state index is 0.0344. The van der Waals surface area contributed by atoms with Gasteiger partial charge in [-0.25, -0.2) is 4.79 Å². The molecule has 0 saturated carbocycles. The number of amides is 1. The number of carboxylic acid groups (broad SMARTS) is 1. The fourth-order valence-corrected chi connectivity index (χ4v) is 2.58. The lowest BCUT2D eigenvalue weighted by atomic mass is 10.1. The zero-order valence-electron chi connectivity index (χ0n) is 15.3. The van der Waals surface area contributed by atoms with E-state index in [1.54, 1.807) is 0 Å². The normalized spacial score (nSPS) is 10.8. The van der Waals surface area contributed by atoms with Crippen LogP contribution in [-0.2, 0) is 4.79 Å². The lowest BCUT2D eigenvalue weighted by Gasteiger charge is -2.20. The average Bonchev–Trinajstić information content (AvgIpc) is 2.68. The van der Waals surface area contributed by atoms with Gasteiger partial charge in [0.2, 0.25) is 0 Å². The first kappa shape index (κ1) is 19.7. The first-order chi connectivity index (χ1) is 13.0. The average molecular weight is 363 g/mol. The third kappa shape index (κ3) is 5.19. The summed E-state index contributed by atoms with van der Waals surface area (Å²) in [6.45, 7) is 5.97. The number of benzene rings is 2. The van der Waals surface area contributed by atoms with Gasteiger partial charge in [-0.2, -0.15) is 5.26 Å². The SMILES string of the molecule is CCN(CC)c1ccc(C=C(C#N)C(=O)Nc2ccc(C(=O)O)cc2)cc1. The fraction of sp³-hybridized carbons (Fsp3) is 0.190. The van der Waals surface area contributed by atoms with Crippen LogP contribution < -0.4 is 10.2 Å². The lowest BCUT2D eigenvalue weighted by Crippen LogP contribution is -2.21. The van der Waals surface area contributed by atoms with E-state index in [2.05, 4.69) is 24.1 Å². The van der Waals surface area contributed by atoms with Gasteiger partial charge in [0.1, 0.15) is 11.6 Å². The Hall–Kier alpha value is -3.59. The Morgan fingerprint density at radius 2 is 1.67 bits per heavy atom. The highest BCUT2D eigenvalue weighted by Crippen LogP contribution is 2.17. The maximum absolute atomic E-state index is 12.3. The zero-order valence-corrected chi connectivity index (χ0v) is 15.3. The molecule has 2 N–H and O–H groups in total. The van der Waals surface area contributed by atoms with Crippen molar-refractivity contribution in [3.63, 3.8) is 0 Å². The van der Waals surface area contributed by atoms with Gasteiger partial charge in [0, 0.05) is 24.5 Å². The van der Waals surface area contributed by atoms with E-state index >= 15 is 0 Å². The van der Waals surface area contributed by atoms with E-state index in [1.165, 1.54) is 30.3 Å². The van der Waals surface area contributed by atoms with E-state index in [9.17, 15) is 14.9 Å². The molecule has 0 aliphatic heterocycles. The van der Waals surface area contributed by atoms with Crippen molar-refractivity contribution in [3.8, 4) is 6.07 Å². The Balaban J connectivity index is 2.14. The van der Waals surface area contributed by atoms with Gasteiger partial charge in [-0.1, -0.05) is 12.1 Å². The number of nitrogens with zero attached hydrogens (tertiary/aromatic N) is 2. The van der Waals surface area contributed by atoms with Gasteiger partial charge in [-0.05, 0) is 61.9 Å². The molecule has 0 bridgehead atoms. The van der Waals surface area contributed by atoms with E-state index in [0.717, 1.165) is 24.3 Å².